The summed E-state index contributed by atoms with van der Waals surface area (Å²) in [5, 5.41) is 15.6. The largest absolute Gasteiger partial charge is 0.478 e. The van der Waals surface area contributed by atoms with E-state index in [4.69, 9.17) is 10.2 Å². The van der Waals surface area contributed by atoms with E-state index < -0.39 is 33.9 Å². The Balaban J connectivity index is 0.000000466. The van der Waals surface area contributed by atoms with Gasteiger partial charge in [0.05, 0.1) is 11.8 Å². The fourth-order valence-corrected chi connectivity index (χ4v) is 5.53. The van der Waals surface area contributed by atoms with Crippen LogP contribution < -0.4 is 0 Å². The molecule has 0 aromatic heterocycles. The first-order chi connectivity index (χ1) is 16.6. The van der Waals surface area contributed by atoms with Crippen LogP contribution in [-0.2, 0) is 25.4 Å². The number of rotatable bonds is 9. The number of amides is 1. The van der Waals surface area contributed by atoms with Crippen LogP contribution in [0.3, 0.4) is 0 Å². The third kappa shape index (κ3) is 7.76. The fraction of sp³-hybridized carbons (Fsp3) is 0.320. The maximum atomic E-state index is 13.2. The van der Waals surface area contributed by atoms with E-state index in [1.807, 2.05) is 30.3 Å². The average molecular weight is 503 g/mol. The van der Waals surface area contributed by atoms with Gasteiger partial charge in [0.1, 0.15) is 0 Å². The van der Waals surface area contributed by atoms with Crippen molar-refractivity contribution in [2.45, 2.75) is 32.1 Å². The molecule has 35 heavy (non-hydrogen) atoms. The quantitative estimate of drug-likeness (QED) is 0.500. The monoisotopic (exact) mass is 502 g/mol. The SMILES string of the molecule is CCN(CC)CCC(c1ccccc1)N1C(=O)c2ccccc2CS1(=O)=O.O=C(O)C=CC(=O)O. The zero-order chi connectivity index (χ0) is 26.0. The van der Waals surface area contributed by atoms with E-state index in [9.17, 15) is 22.8 Å². The van der Waals surface area contributed by atoms with Crippen molar-refractivity contribution in [2.24, 2.45) is 0 Å². The van der Waals surface area contributed by atoms with E-state index >= 15 is 0 Å². The maximum Gasteiger partial charge on any atom is 0.328 e. The lowest BCUT2D eigenvalue weighted by Gasteiger charge is -2.36. The molecule has 1 heterocycles. The second-order valence-corrected chi connectivity index (χ2v) is 9.61. The van der Waals surface area contributed by atoms with Gasteiger partial charge in [0, 0.05) is 24.3 Å². The normalized spacial score (nSPS) is 15.3. The van der Waals surface area contributed by atoms with Crippen LogP contribution in [0.15, 0.2) is 66.7 Å². The molecule has 2 aromatic rings. The first kappa shape index (κ1) is 27.7. The van der Waals surface area contributed by atoms with E-state index in [2.05, 4.69) is 18.7 Å². The van der Waals surface area contributed by atoms with Crippen molar-refractivity contribution in [3.63, 3.8) is 0 Å². The third-order valence-electron chi connectivity index (χ3n) is 5.53. The molecule has 1 amide bonds. The number of sulfonamides is 1. The summed E-state index contributed by atoms with van der Waals surface area (Å²) in [7, 11) is -3.73. The molecular formula is C25H30N2O7S. The molecule has 0 saturated carbocycles. The highest BCUT2D eigenvalue weighted by atomic mass is 32.2. The first-order valence-electron chi connectivity index (χ1n) is 11.2. The van der Waals surface area contributed by atoms with E-state index in [0.717, 1.165) is 29.5 Å². The van der Waals surface area contributed by atoms with Crippen molar-refractivity contribution < 1.29 is 33.0 Å². The topological polar surface area (TPSA) is 132 Å². The number of aliphatic carboxylic acids is 2. The number of carbonyl (C=O) groups is 3. The number of carbonyl (C=O) groups excluding carboxylic acids is 1. The van der Waals surface area contributed by atoms with Gasteiger partial charge in [0.2, 0.25) is 10.0 Å². The molecule has 1 unspecified atom stereocenters. The van der Waals surface area contributed by atoms with Crippen LogP contribution in [0.1, 0.15) is 47.8 Å². The van der Waals surface area contributed by atoms with E-state index in [1.165, 1.54) is 0 Å². The molecular weight excluding hydrogens is 472 g/mol. The molecule has 0 aliphatic carbocycles. The Bertz CT molecular complexity index is 1140. The molecule has 1 aliphatic heterocycles. The number of hydrogen-bond acceptors (Lipinski definition) is 6. The number of benzene rings is 2. The summed E-state index contributed by atoms with van der Waals surface area (Å²) in [6.45, 7) is 6.68. The standard InChI is InChI=1S/C21H26N2O3S.C4H4O4/c1-3-22(4-2)15-14-20(17-10-6-5-7-11-17)23-21(24)19-13-9-8-12-18(19)16-27(23,25)26;5-3(6)1-2-4(7)8/h5-13,20H,3-4,14-16H2,1-2H3;1-2H,(H,5,6)(H,7,8). The molecule has 0 radical (unpaired) electrons. The van der Waals surface area contributed by atoms with Gasteiger partial charge in [-0.2, -0.15) is 0 Å². The number of hydrogen-bond donors (Lipinski definition) is 2. The molecule has 2 N–H and O–H groups in total. The van der Waals surface area contributed by atoms with Crippen LogP contribution in [0.5, 0.6) is 0 Å². The first-order valence-corrected chi connectivity index (χ1v) is 12.8. The van der Waals surface area contributed by atoms with Crippen molar-refractivity contribution in [3.8, 4) is 0 Å². The minimum Gasteiger partial charge on any atom is -0.478 e. The molecule has 9 nitrogen and oxygen atoms in total. The van der Waals surface area contributed by atoms with Crippen molar-refractivity contribution in [3.05, 3.63) is 83.4 Å². The smallest absolute Gasteiger partial charge is 0.328 e. The molecule has 10 heteroatoms. The summed E-state index contributed by atoms with van der Waals surface area (Å²) < 4.78 is 27.2. The van der Waals surface area contributed by atoms with E-state index in [-0.39, 0.29) is 5.75 Å². The molecule has 1 atom stereocenters. The highest BCUT2D eigenvalue weighted by Crippen LogP contribution is 2.34. The lowest BCUT2D eigenvalue weighted by molar-refractivity contribution is -0.134. The molecule has 0 fully saturated rings. The minimum absolute atomic E-state index is 0.135. The number of fused-ring (bicyclic) bond motifs is 1. The Morgan fingerprint density at radius 3 is 2.06 bits per heavy atom. The van der Waals surface area contributed by atoms with Crippen LogP contribution >= 0.6 is 0 Å². The summed E-state index contributed by atoms with van der Waals surface area (Å²) in [5.41, 5.74) is 1.91. The van der Waals surface area contributed by atoms with Gasteiger partial charge in [-0.3, -0.25) is 4.79 Å². The molecule has 1 aliphatic rings. The van der Waals surface area contributed by atoms with Gasteiger partial charge < -0.3 is 15.1 Å². The molecule has 0 bridgehead atoms. The van der Waals surface area contributed by atoms with Crippen LogP contribution in [0, 0.1) is 0 Å². The van der Waals surface area contributed by atoms with Gasteiger partial charge in [-0.15, -0.1) is 0 Å². The van der Waals surface area contributed by atoms with Gasteiger partial charge in [0.15, 0.2) is 0 Å². The van der Waals surface area contributed by atoms with Gasteiger partial charge in [-0.05, 0) is 36.7 Å². The van der Waals surface area contributed by atoms with Crippen molar-refractivity contribution in [1.82, 2.24) is 9.21 Å². The summed E-state index contributed by atoms with van der Waals surface area (Å²) in [4.78, 5) is 34.5. The van der Waals surface area contributed by atoms with Crippen LogP contribution in [0.4, 0.5) is 0 Å². The Morgan fingerprint density at radius 1 is 0.971 bits per heavy atom. The van der Waals surface area contributed by atoms with Crippen molar-refractivity contribution in [2.75, 3.05) is 19.6 Å². The van der Waals surface area contributed by atoms with E-state index in [0.29, 0.717) is 29.7 Å². The predicted octanol–water partition coefficient (Wildman–Crippen LogP) is 3.16. The van der Waals surface area contributed by atoms with Crippen LogP contribution in [0.25, 0.3) is 0 Å². The van der Waals surface area contributed by atoms with E-state index in [1.54, 1.807) is 24.3 Å². The Kier molecular flexibility index (Phi) is 10.2. The lowest BCUT2D eigenvalue weighted by atomic mass is 10.0. The van der Waals surface area contributed by atoms with Crippen LogP contribution in [-0.4, -0.2) is 65.3 Å². The summed E-state index contributed by atoms with van der Waals surface area (Å²) in [6, 6.07) is 15.9. The Hall–Kier alpha value is -3.50. The van der Waals surface area contributed by atoms with Crippen LogP contribution in [0.2, 0.25) is 0 Å². The lowest BCUT2D eigenvalue weighted by Crippen LogP contribution is -2.45. The Morgan fingerprint density at radius 2 is 1.51 bits per heavy atom. The molecule has 0 spiro atoms. The molecule has 2 aromatic carbocycles. The summed E-state index contributed by atoms with van der Waals surface area (Å²) >= 11 is 0. The van der Waals surface area contributed by atoms with Gasteiger partial charge in [-0.1, -0.05) is 62.4 Å². The highest BCUT2D eigenvalue weighted by Gasteiger charge is 2.40. The third-order valence-corrected chi connectivity index (χ3v) is 7.23. The molecule has 0 saturated heterocycles. The maximum absolute atomic E-state index is 13.2. The minimum atomic E-state index is -3.73. The van der Waals surface area contributed by atoms with Gasteiger partial charge in [-0.25, -0.2) is 22.3 Å². The highest BCUT2D eigenvalue weighted by molar-refractivity contribution is 7.89. The predicted molar refractivity (Wildman–Crippen MR) is 131 cm³/mol. The zero-order valence-electron chi connectivity index (χ0n) is 19.7. The van der Waals surface area contributed by atoms with Gasteiger partial charge in [0.25, 0.3) is 5.91 Å². The second kappa shape index (κ2) is 12.8. The van der Waals surface area contributed by atoms with Gasteiger partial charge >= 0.3 is 11.9 Å². The summed E-state index contributed by atoms with van der Waals surface area (Å²) in [6.07, 6.45) is 1.68. The van der Waals surface area contributed by atoms with Crippen molar-refractivity contribution in [1.29, 1.82) is 0 Å². The van der Waals surface area contributed by atoms with Crippen molar-refractivity contribution >= 4 is 27.9 Å². The fourth-order valence-electron chi connectivity index (χ4n) is 3.78. The molecule has 188 valence electrons. The summed E-state index contributed by atoms with van der Waals surface area (Å²) in [5.74, 6) is -3.08. The average Bonchev–Trinajstić information content (AvgIpc) is 2.82. The Labute approximate surface area is 205 Å². The second-order valence-electron chi connectivity index (χ2n) is 7.77. The number of nitrogens with zero attached hydrogens (tertiary/aromatic N) is 2. The number of carboxylic acids is 2. The number of carboxylic acid groups (broad SMARTS) is 2. The molecule has 3 rings (SSSR count). The zero-order valence-corrected chi connectivity index (χ0v) is 20.5.